The summed E-state index contributed by atoms with van der Waals surface area (Å²) in [6.07, 6.45) is 1.89. The summed E-state index contributed by atoms with van der Waals surface area (Å²) in [6, 6.07) is 4.30. The molecule has 0 unspecified atom stereocenters. The molecule has 5 heteroatoms. The van der Waals surface area contributed by atoms with E-state index in [2.05, 4.69) is 0 Å². The van der Waals surface area contributed by atoms with Crippen LogP contribution in [-0.4, -0.2) is 44.7 Å². The van der Waals surface area contributed by atoms with Crippen LogP contribution in [0.4, 0.5) is 4.39 Å². The Balaban J connectivity index is 2.02. The van der Waals surface area contributed by atoms with E-state index in [1.54, 1.807) is 18.0 Å². The van der Waals surface area contributed by atoms with E-state index in [9.17, 15) is 9.18 Å². The zero-order valence-corrected chi connectivity index (χ0v) is 11.9. The van der Waals surface area contributed by atoms with Gasteiger partial charge in [0.1, 0.15) is 11.6 Å². The molecule has 0 aromatic heterocycles. The van der Waals surface area contributed by atoms with Gasteiger partial charge in [0.15, 0.2) is 0 Å². The maximum absolute atomic E-state index is 13.9. The Hall–Kier alpha value is -1.62. The Morgan fingerprint density at radius 2 is 2.15 bits per heavy atom. The Labute approximate surface area is 118 Å². The van der Waals surface area contributed by atoms with E-state index >= 15 is 0 Å². The third kappa shape index (κ3) is 3.48. The second-order valence-corrected chi connectivity index (χ2v) is 5.09. The number of methoxy groups -OCH3 is 1. The zero-order valence-electron chi connectivity index (χ0n) is 11.9. The van der Waals surface area contributed by atoms with E-state index in [-0.39, 0.29) is 11.5 Å². The van der Waals surface area contributed by atoms with Gasteiger partial charge in [0.05, 0.1) is 12.7 Å². The first-order valence-corrected chi connectivity index (χ1v) is 6.78. The molecule has 0 atom stereocenters. The predicted molar refractivity (Wildman–Crippen MR) is 73.5 cm³/mol. The highest BCUT2D eigenvalue weighted by atomic mass is 19.1. The van der Waals surface area contributed by atoms with Crippen molar-refractivity contribution in [3.63, 3.8) is 0 Å². The molecule has 0 bridgehead atoms. The van der Waals surface area contributed by atoms with Crippen LogP contribution in [0.3, 0.4) is 0 Å². The molecule has 1 saturated heterocycles. The number of nitrogens with zero attached hydrogens (tertiary/aromatic N) is 1. The molecule has 0 N–H and O–H groups in total. The van der Waals surface area contributed by atoms with Crippen molar-refractivity contribution in [2.24, 2.45) is 5.92 Å². The number of carbonyl (C=O) groups is 1. The van der Waals surface area contributed by atoms with Crippen LogP contribution >= 0.6 is 0 Å². The van der Waals surface area contributed by atoms with Gasteiger partial charge in [-0.15, -0.1) is 0 Å². The van der Waals surface area contributed by atoms with Gasteiger partial charge >= 0.3 is 0 Å². The van der Waals surface area contributed by atoms with Crippen molar-refractivity contribution >= 4 is 5.91 Å². The minimum atomic E-state index is -0.548. The molecule has 1 amide bonds. The molecule has 20 heavy (non-hydrogen) atoms. The molecule has 0 radical (unpaired) electrons. The van der Waals surface area contributed by atoms with E-state index in [1.807, 2.05) is 0 Å². The lowest BCUT2D eigenvalue weighted by Gasteiger charge is -2.27. The standard InChI is InChI=1S/C15H20FNO3/c1-17(10-11-5-7-20-8-6-11)15(18)13-4-3-12(19-2)9-14(13)16/h3-4,9,11H,5-8,10H2,1-2H3. The number of hydrogen-bond donors (Lipinski definition) is 0. The number of amides is 1. The van der Waals surface area contributed by atoms with Crippen LogP contribution in [0.2, 0.25) is 0 Å². The highest BCUT2D eigenvalue weighted by molar-refractivity contribution is 5.94. The molecule has 4 nitrogen and oxygen atoms in total. The molecule has 0 saturated carbocycles. The van der Waals surface area contributed by atoms with E-state index in [0.29, 0.717) is 18.2 Å². The average Bonchev–Trinajstić information content (AvgIpc) is 2.47. The summed E-state index contributed by atoms with van der Waals surface area (Å²) >= 11 is 0. The molecular weight excluding hydrogens is 261 g/mol. The summed E-state index contributed by atoms with van der Waals surface area (Å²) in [5.41, 5.74) is 0.0837. The van der Waals surface area contributed by atoms with Gasteiger partial charge in [-0.05, 0) is 30.9 Å². The lowest BCUT2D eigenvalue weighted by molar-refractivity contribution is 0.0495. The van der Waals surface area contributed by atoms with Crippen molar-refractivity contribution in [2.75, 3.05) is 33.9 Å². The van der Waals surface area contributed by atoms with Crippen LogP contribution in [0.1, 0.15) is 23.2 Å². The van der Waals surface area contributed by atoms with Crippen molar-refractivity contribution in [3.05, 3.63) is 29.6 Å². The third-order valence-corrected chi connectivity index (χ3v) is 3.63. The topological polar surface area (TPSA) is 38.8 Å². The Kier molecular flexibility index (Phi) is 4.95. The van der Waals surface area contributed by atoms with Gasteiger partial charge in [0.25, 0.3) is 5.91 Å². The van der Waals surface area contributed by atoms with Gasteiger partial charge in [0.2, 0.25) is 0 Å². The van der Waals surface area contributed by atoms with Crippen molar-refractivity contribution in [3.8, 4) is 5.75 Å². The fourth-order valence-corrected chi connectivity index (χ4v) is 2.40. The molecule has 1 aromatic rings. The van der Waals surface area contributed by atoms with Crippen LogP contribution in [0.5, 0.6) is 5.75 Å². The lowest BCUT2D eigenvalue weighted by atomic mass is 9.99. The Morgan fingerprint density at radius 3 is 2.75 bits per heavy atom. The number of halogens is 1. The van der Waals surface area contributed by atoms with Crippen LogP contribution in [0.25, 0.3) is 0 Å². The number of ether oxygens (including phenoxy) is 2. The number of benzene rings is 1. The molecule has 1 aliphatic rings. The van der Waals surface area contributed by atoms with Crippen LogP contribution in [0.15, 0.2) is 18.2 Å². The van der Waals surface area contributed by atoms with Crippen LogP contribution < -0.4 is 4.74 Å². The Bertz CT molecular complexity index is 472. The van der Waals surface area contributed by atoms with Gasteiger partial charge < -0.3 is 14.4 Å². The normalized spacial score (nSPS) is 15.9. The molecule has 1 aliphatic heterocycles. The predicted octanol–water partition coefficient (Wildman–Crippen LogP) is 2.33. The summed E-state index contributed by atoms with van der Waals surface area (Å²) < 4.78 is 24.1. The van der Waals surface area contributed by atoms with Crippen LogP contribution in [0, 0.1) is 11.7 Å². The highest BCUT2D eigenvalue weighted by Gasteiger charge is 2.21. The monoisotopic (exact) mass is 281 g/mol. The molecule has 1 fully saturated rings. The maximum Gasteiger partial charge on any atom is 0.256 e. The quantitative estimate of drug-likeness (QED) is 0.850. The minimum Gasteiger partial charge on any atom is -0.497 e. The van der Waals surface area contributed by atoms with E-state index in [1.165, 1.54) is 19.2 Å². The SMILES string of the molecule is COc1ccc(C(=O)N(C)CC2CCOCC2)c(F)c1. The molecule has 0 aliphatic carbocycles. The van der Waals surface area contributed by atoms with Gasteiger partial charge in [-0.25, -0.2) is 4.39 Å². The highest BCUT2D eigenvalue weighted by Crippen LogP contribution is 2.20. The van der Waals surface area contributed by atoms with Crippen molar-refractivity contribution in [2.45, 2.75) is 12.8 Å². The third-order valence-electron chi connectivity index (χ3n) is 3.63. The first-order chi connectivity index (χ1) is 9.61. The van der Waals surface area contributed by atoms with Crippen LogP contribution in [-0.2, 0) is 4.74 Å². The number of rotatable bonds is 4. The van der Waals surface area contributed by atoms with Crippen molar-refractivity contribution < 1.29 is 18.7 Å². The Morgan fingerprint density at radius 1 is 1.45 bits per heavy atom. The van der Waals surface area contributed by atoms with Gasteiger partial charge in [0, 0.05) is 32.9 Å². The first kappa shape index (κ1) is 14.8. The molecule has 0 spiro atoms. The average molecular weight is 281 g/mol. The largest absolute Gasteiger partial charge is 0.497 e. The van der Waals surface area contributed by atoms with Gasteiger partial charge in [-0.1, -0.05) is 0 Å². The summed E-state index contributed by atoms with van der Waals surface area (Å²) in [6.45, 7) is 2.11. The van der Waals surface area contributed by atoms with E-state index < -0.39 is 5.82 Å². The lowest BCUT2D eigenvalue weighted by Crippen LogP contribution is -2.34. The number of hydrogen-bond acceptors (Lipinski definition) is 3. The fraction of sp³-hybridized carbons (Fsp3) is 0.533. The van der Waals surface area contributed by atoms with Crippen molar-refractivity contribution in [1.29, 1.82) is 0 Å². The van der Waals surface area contributed by atoms with E-state index in [0.717, 1.165) is 26.1 Å². The zero-order chi connectivity index (χ0) is 14.5. The van der Waals surface area contributed by atoms with Gasteiger partial charge in [-0.2, -0.15) is 0 Å². The summed E-state index contributed by atoms with van der Waals surface area (Å²) in [5, 5.41) is 0. The molecule has 110 valence electrons. The maximum atomic E-state index is 13.9. The van der Waals surface area contributed by atoms with Crippen molar-refractivity contribution in [1.82, 2.24) is 4.90 Å². The molecule has 2 rings (SSSR count). The van der Waals surface area contributed by atoms with Gasteiger partial charge in [-0.3, -0.25) is 4.79 Å². The minimum absolute atomic E-state index is 0.0837. The smallest absolute Gasteiger partial charge is 0.256 e. The number of carbonyl (C=O) groups excluding carboxylic acids is 1. The van der Waals surface area contributed by atoms with E-state index in [4.69, 9.17) is 9.47 Å². The molecule has 1 aromatic carbocycles. The molecule has 1 heterocycles. The summed E-state index contributed by atoms with van der Waals surface area (Å²) in [7, 11) is 3.18. The fourth-order valence-electron chi connectivity index (χ4n) is 2.40. The summed E-state index contributed by atoms with van der Waals surface area (Å²) in [4.78, 5) is 13.8. The first-order valence-electron chi connectivity index (χ1n) is 6.78. The second kappa shape index (κ2) is 6.70. The molecular formula is C15H20FNO3. The summed E-state index contributed by atoms with van der Waals surface area (Å²) in [5.74, 6) is -0.00466. The second-order valence-electron chi connectivity index (χ2n) is 5.09.